The van der Waals surface area contributed by atoms with Crippen molar-refractivity contribution in [2.75, 3.05) is 34.3 Å². The molecule has 5 aromatic rings. The molecule has 0 fully saturated rings. The summed E-state index contributed by atoms with van der Waals surface area (Å²) in [5.74, 6) is 1.07. The molecule has 7 rings (SSSR count). The first-order chi connectivity index (χ1) is 19.4. The zero-order valence-corrected chi connectivity index (χ0v) is 25.6. The van der Waals surface area contributed by atoms with Crippen LogP contribution in [-0.4, -0.2) is 34.7 Å². The minimum absolute atomic E-state index is 0.473. The van der Waals surface area contributed by atoms with E-state index in [1.54, 1.807) is 0 Å². The van der Waals surface area contributed by atoms with E-state index in [2.05, 4.69) is 143 Å². The third-order valence-corrected chi connectivity index (χ3v) is 14.5. The Morgan fingerprint density at radius 3 is 1.25 bits per heavy atom. The van der Waals surface area contributed by atoms with Crippen LogP contribution in [0.3, 0.4) is 0 Å². The molecule has 0 N–H and O–H groups in total. The molecule has 0 bridgehead atoms. The third kappa shape index (κ3) is 3.79. The highest BCUT2D eigenvalue weighted by molar-refractivity contribution is 8.33. The van der Waals surface area contributed by atoms with Crippen LogP contribution >= 0.6 is 20.1 Å². The first kappa shape index (κ1) is 26.5. The molecule has 7 heteroatoms. The van der Waals surface area contributed by atoms with E-state index in [1.807, 2.05) is 13.8 Å². The summed E-state index contributed by atoms with van der Waals surface area (Å²) in [5.41, 5.74) is 4.43. The van der Waals surface area contributed by atoms with Crippen molar-refractivity contribution in [1.82, 2.24) is 10.2 Å². The predicted octanol–water partition coefficient (Wildman–Crippen LogP) is 10.0. The number of fused-ring (bicyclic) bond motifs is 4. The normalized spacial score (nSPS) is 17.2. The number of hydrogen-bond donors (Lipinski definition) is 0. The van der Waals surface area contributed by atoms with E-state index in [1.165, 1.54) is 19.6 Å². The number of nitrogens with zero attached hydrogens (tertiary/aromatic N) is 4. The van der Waals surface area contributed by atoms with Gasteiger partial charge in [0.1, 0.15) is 0 Å². The fourth-order valence-corrected chi connectivity index (χ4v) is 11.1. The Labute approximate surface area is 240 Å². The quantitative estimate of drug-likeness (QED) is 0.217. The number of hydrogen-bond acceptors (Lipinski definition) is 5. The maximum absolute atomic E-state index is 6.61. The molecule has 2 aliphatic rings. The Balaban J connectivity index is 0.00000142. The SMILES string of the molecule is CC.CCS1(C)c2ccccc2N(c2nnc(N3c4ccccc4S(C)(C)c4ccccc43)o2)c2ccccc21. The molecule has 0 unspecified atom stereocenters. The number of aromatic nitrogens is 2. The van der Waals surface area contributed by atoms with Gasteiger partial charge in [-0.15, -0.1) is 0 Å². The molecule has 3 heterocycles. The van der Waals surface area contributed by atoms with Crippen molar-refractivity contribution in [3.63, 3.8) is 0 Å². The summed E-state index contributed by atoms with van der Waals surface area (Å²) >= 11 is 0. The van der Waals surface area contributed by atoms with Crippen LogP contribution in [0, 0.1) is 0 Å². The van der Waals surface area contributed by atoms with Crippen LogP contribution < -0.4 is 9.80 Å². The van der Waals surface area contributed by atoms with Gasteiger partial charge in [-0.05, 0) is 73.1 Å². The standard InChI is InChI=1S/C31H30N4OS2.C2H6/c1-5-38(4)28-20-12-8-16-24(28)35(25-17-9-13-21-29(25)38)31-33-32-30(36-31)34-22-14-6-10-18-26(22)37(2,3)27-19-11-7-15-23(27)34;1-2/h6-21H,5H2,1-4H3;1-2H3. The van der Waals surface area contributed by atoms with Gasteiger partial charge in [-0.1, -0.05) is 79.5 Å². The topological polar surface area (TPSA) is 45.4 Å². The molecule has 4 aromatic carbocycles. The van der Waals surface area contributed by atoms with Crippen LogP contribution in [0.2, 0.25) is 0 Å². The highest BCUT2D eigenvalue weighted by Gasteiger charge is 2.39. The molecule has 0 radical (unpaired) electrons. The van der Waals surface area contributed by atoms with Crippen LogP contribution in [0.4, 0.5) is 34.8 Å². The first-order valence-electron chi connectivity index (χ1n) is 13.7. The van der Waals surface area contributed by atoms with Crippen LogP contribution in [0.15, 0.2) is 121 Å². The van der Waals surface area contributed by atoms with Crippen LogP contribution in [0.1, 0.15) is 20.8 Å². The summed E-state index contributed by atoms with van der Waals surface area (Å²) in [7, 11) is -2.37. The lowest BCUT2D eigenvalue weighted by atomic mass is 10.2. The molecule has 40 heavy (non-hydrogen) atoms. The smallest absolute Gasteiger partial charge is 0.328 e. The summed E-state index contributed by atoms with van der Waals surface area (Å²) in [4.78, 5) is 9.59. The van der Waals surface area contributed by atoms with Gasteiger partial charge in [0.05, 0.1) is 22.7 Å². The van der Waals surface area contributed by atoms with Crippen LogP contribution in [-0.2, 0) is 0 Å². The minimum atomic E-state index is -1.19. The Hall–Kier alpha value is -3.68. The molecule has 2 aliphatic heterocycles. The monoisotopic (exact) mass is 568 g/mol. The lowest BCUT2D eigenvalue weighted by Crippen LogP contribution is -2.21. The zero-order valence-electron chi connectivity index (χ0n) is 24.0. The van der Waals surface area contributed by atoms with Gasteiger partial charge in [-0.25, -0.2) is 0 Å². The molecule has 0 saturated carbocycles. The van der Waals surface area contributed by atoms with Crippen LogP contribution in [0.5, 0.6) is 0 Å². The summed E-state index contributed by atoms with van der Waals surface area (Å²) in [6, 6.07) is 35.5. The molecular weight excluding hydrogens is 533 g/mol. The van der Waals surface area contributed by atoms with Crippen molar-refractivity contribution in [2.45, 2.75) is 40.4 Å². The second-order valence-electron chi connectivity index (χ2n) is 10.1. The van der Waals surface area contributed by atoms with Gasteiger partial charge in [0, 0.05) is 19.6 Å². The van der Waals surface area contributed by atoms with Crippen molar-refractivity contribution in [3.05, 3.63) is 97.1 Å². The van der Waals surface area contributed by atoms with Gasteiger partial charge in [0.15, 0.2) is 0 Å². The van der Waals surface area contributed by atoms with E-state index in [4.69, 9.17) is 4.42 Å². The molecule has 5 nitrogen and oxygen atoms in total. The van der Waals surface area contributed by atoms with Gasteiger partial charge < -0.3 is 4.42 Å². The number of para-hydroxylation sites is 4. The van der Waals surface area contributed by atoms with Gasteiger partial charge in [-0.3, -0.25) is 9.80 Å². The Morgan fingerprint density at radius 2 is 0.875 bits per heavy atom. The van der Waals surface area contributed by atoms with Crippen molar-refractivity contribution in [3.8, 4) is 0 Å². The lowest BCUT2D eigenvalue weighted by molar-refractivity contribution is 0.565. The summed E-state index contributed by atoms with van der Waals surface area (Å²) in [6.07, 6.45) is 7.12. The fraction of sp³-hybridized carbons (Fsp3) is 0.212. The van der Waals surface area contributed by atoms with E-state index >= 15 is 0 Å². The molecular formula is C33H36N4OS2. The summed E-state index contributed by atoms with van der Waals surface area (Å²) in [5, 5.41) is 9.30. The van der Waals surface area contributed by atoms with Gasteiger partial charge in [-0.2, -0.15) is 20.1 Å². The first-order valence-corrected chi connectivity index (χ1v) is 18.4. The number of benzene rings is 4. The molecule has 1 aromatic heterocycles. The third-order valence-electron chi connectivity index (χ3n) is 7.86. The van der Waals surface area contributed by atoms with E-state index in [-0.39, 0.29) is 0 Å². The lowest BCUT2D eigenvalue weighted by Gasteiger charge is -2.45. The Bertz CT molecular complexity index is 1600. The molecule has 0 atom stereocenters. The van der Waals surface area contributed by atoms with Crippen LogP contribution in [0.25, 0.3) is 0 Å². The second kappa shape index (κ2) is 10.1. The maximum Gasteiger partial charge on any atom is 0.328 e. The van der Waals surface area contributed by atoms with Gasteiger partial charge in [0.25, 0.3) is 0 Å². The molecule has 206 valence electrons. The zero-order chi connectivity index (χ0) is 28.1. The fourth-order valence-electron chi connectivity index (χ4n) is 5.80. The van der Waals surface area contributed by atoms with E-state index in [9.17, 15) is 0 Å². The average molecular weight is 569 g/mol. The van der Waals surface area contributed by atoms with E-state index in [0.717, 1.165) is 28.5 Å². The van der Waals surface area contributed by atoms with Crippen molar-refractivity contribution < 1.29 is 4.42 Å². The molecule has 0 aliphatic carbocycles. The van der Waals surface area contributed by atoms with E-state index < -0.39 is 20.1 Å². The van der Waals surface area contributed by atoms with Crippen molar-refractivity contribution in [1.29, 1.82) is 0 Å². The highest BCUT2D eigenvalue weighted by atomic mass is 32.3. The highest BCUT2D eigenvalue weighted by Crippen LogP contribution is 2.70. The molecule has 0 spiro atoms. The van der Waals surface area contributed by atoms with Crippen molar-refractivity contribution in [2.24, 2.45) is 0 Å². The number of anilines is 6. The van der Waals surface area contributed by atoms with E-state index in [0.29, 0.717) is 12.0 Å². The average Bonchev–Trinajstić information content (AvgIpc) is 3.48. The molecule has 0 saturated heterocycles. The minimum Gasteiger partial charge on any atom is -0.388 e. The van der Waals surface area contributed by atoms with Crippen molar-refractivity contribution >= 4 is 54.8 Å². The number of rotatable bonds is 3. The summed E-state index contributed by atoms with van der Waals surface area (Å²) in [6.45, 7) is 6.29. The summed E-state index contributed by atoms with van der Waals surface area (Å²) < 4.78 is 6.61. The van der Waals surface area contributed by atoms with Gasteiger partial charge >= 0.3 is 12.0 Å². The maximum atomic E-state index is 6.61. The van der Waals surface area contributed by atoms with Gasteiger partial charge in [0.2, 0.25) is 0 Å². The Morgan fingerprint density at radius 1 is 0.550 bits per heavy atom. The predicted molar refractivity (Wildman–Crippen MR) is 172 cm³/mol. The Kier molecular flexibility index (Phi) is 6.67. The largest absolute Gasteiger partial charge is 0.388 e. The molecule has 0 amide bonds. The second-order valence-corrected chi connectivity index (χ2v) is 17.3.